The van der Waals surface area contributed by atoms with E-state index in [1.54, 1.807) is 36.4 Å². The van der Waals surface area contributed by atoms with E-state index in [0.29, 0.717) is 58.1 Å². The molecule has 0 aromatic heterocycles. The van der Waals surface area contributed by atoms with Gasteiger partial charge in [0, 0.05) is 11.1 Å². The van der Waals surface area contributed by atoms with E-state index in [4.69, 9.17) is 32.7 Å². The Labute approximate surface area is 356 Å². The molecule has 0 unspecified atom stereocenters. The molecule has 326 valence electrons. The van der Waals surface area contributed by atoms with E-state index in [1.807, 2.05) is 65.8 Å². The van der Waals surface area contributed by atoms with Gasteiger partial charge in [-0.05, 0) is 94.2 Å². The topological polar surface area (TPSA) is 93.1 Å². The predicted molar refractivity (Wildman–Crippen MR) is 223 cm³/mol. The van der Waals surface area contributed by atoms with Crippen molar-refractivity contribution in [2.75, 3.05) is 13.2 Å². The van der Waals surface area contributed by atoms with Crippen molar-refractivity contribution in [3.8, 4) is 33.8 Å². The van der Waals surface area contributed by atoms with Crippen molar-refractivity contribution in [2.45, 2.75) is 103 Å². The van der Waals surface area contributed by atoms with Crippen molar-refractivity contribution >= 4 is 35.1 Å². The quantitative estimate of drug-likeness (QED) is 0.109. The van der Waals surface area contributed by atoms with Crippen LogP contribution in [-0.2, 0) is 9.59 Å². The lowest BCUT2D eigenvalue weighted by Crippen LogP contribution is -2.20. The molecule has 1 saturated carbocycles. The molecule has 60 heavy (non-hydrogen) atoms. The second kappa shape index (κ2) is 20.4. The van der Waals surface area contributed by atoms with E-state index in [2.05, 4.69) is 0 Å². The summed E-state index contributed by atoms with van der Waals surface area (Å²) < 4.78 is 86.7. The summed E-state index contributed by atoms with van der Waals surface area (Å²) in [7, 11) is 0. The summed E-state index contributed by atoms with van der Waals surface area (Å²) in [5.74, 6) is -2.71. The van der Waals surface area contributed by atoms with Gasteiger partial charge in [0.1, 0.15) is 11.5 Å². The highest BCUT2D eigenvalue weighted by molar-refractivity contribution is 6.33. The molecule has 0 heterocycles. The molecule has 2 N–H and O–H groups in total. The molecule has 1 aliphatic rings. The molecular weight excluding hydrogens is 833 g/mol. The van der Waals surface area contributed by atoms with E-state index < -0.39 is 49.3 Å². The van der Waals surface area contributed by atoms with Crippen LogP contribution in [0.5, 0.6) is 11.5 Å². The predicted octanol–water partition coefficient (Wildman–Crippen LogP) is 14.3. The minimum Gasteiger partial charge on any atom is -0.482 e. The van der Waals surface area contributed by atoms with E-state index >= 15 is 0 Å². The minimum atomic E-state index is -4.53. The average Bonchev–Trinajstić information content (AvgIpc) is 3.98. The normalized spacial score (nSPS) is 14.2. The van der Waals surface area contributed by atoms with Gasteiger partial charge in [-0.2, -0.15) is 26.3 Å². The number of ether oxygens (including phenoxy) is 2. The second-order valence-corrected chi connectivity index (χ2v) is 17.0. The number of benzene rings is 4. The summed E-state index contributed by atoms with van der Waals surface area (Å²) in [4.78, 5) is 23.7. The summed E-state index contributed by atoms with van der Waals surface area (Å²) >= 11 is 12.6. The van der Waals surface area contributed by atoms with Crippen LogP contribution in [0.4, 0.5) is 26.3 Å². The first-order valence-electron chi connectivity index (χ1n) is 19.7. The lowest BCUT2D eigenvalue weighted by molar-refractivity contribution is -0.154. The number of hydrogen-bond acceptors (Lipinski definition) is 4. The zero-order valence-electron chi connectivity index (χ0n) is 34.2. The van der Waals surface area contributed by atoms with Crippen molar-refractivity contribution in [1.82, 2.24) is 0 Å². The lowest BCUT2D eigenvalue weighted by atomic mass is 9.88. The third-order valence-corrected chi connectivity index (χ3v) is 10.6. The number of alkyl halides is 6. The molecule has 4 aromatic rings. The summed E-state index contributed by atoms with van der Waals surface area (Å²) in [6.07, 6.45) is -6.19. The van der Waals surface area contributed by atoms with Crippen LogP contribution >= 0.6 is 23.2 Å². The fourth-order valence-electron chi connectivity index (χ4n) is 6.67. The molecule has 0 aliphatic heterocycles. The van der Waals surface area contributed by atoms with Crippen molar-refractivity contribution in [3.05, 3.63) is 105 Å². The Morgan fingerprint density at radius 3 is 1.28 bits per heavy atom. The first-order valence-corrected chi connectivity index (χ1v) is 20.4. The van der Waals surface area contributed by atoms with Crippen LogP contribution in [0.1, 0.15) is 113 Å². The van der Waals surface area contributed by atoms with Gasteiger partial charge >= 0.3 is 24.3 Å². The van der Waals surface area contributed by atoms with Crippen LogP contribution in [0.3, 0.4) is 0 Å². The Morgan fingerprint density at radius 1 is 0.617 bits per heavy atom. The molecule has 0 spiro atoms. The third kappa shape index (κ3) is 14.1. The van der Waals surface area contributed by atoms with Gasteiger partial charge < -0.3 is 19.7 Å². The second-order valence-electron chi connectivity index (χ2n) is 16.2. The summed E-state index contributed by atoms with van der Waals surface area (Å²) in [5, 5.41) is 19.3. The fourth-order valence-corrected chi connectivity index (χ4v) is 7.24. The minimum absolute atomic E-state index is 0.0262. The molecule has 14 heteroatoms. The SMILES string of the molecule is CC(C)C[C@@H](C(=O)O)c1cc(Cl)c(OCC(F)(F)F)c(-c2ccc(C(C)C)cc2)c1.CC(C)c1ccc(-c2cc([C@H](CC3CC3)C(=O)O)cc(Cl)c2OCC(F)(F)F)cc1. The Kier molecular flexibility index (Phi) is 16.4. The highest BCUT2D eigenvalue weighted by Crippen LogP contribution is 2.45. The van der Waals surface area contributed by atoms with Crippen LogP contribution in [0.2, 0.25) is 10.0 Å². The molecule has 0 amide bonds. The number of hydrogen-bond donors (Lipinski definition) is 2. The van der Waals surface area contributed by atoms with Crippen LogP contribution in [0, 0.1) is 11.8 Å². The first-order chi connectivity index (χ1) is 27.9. The third-order valence-electron chi connectivity index (χ3n) is 10.0. The molecule has 6 nitrogen and oxygen atoms in total. The maximum absolute atomic E-state index is 12.8. The van der Waals surface area contributed by atoms with Crippen molar-refractivity contribution in [2.24, 2.45) is 11.8 Å². The Hall–Kier alpha value is -4.42. The van der Waals surface area contributed by atoms with Gasteiger partial charge in [-0.1, -0.05) is 126 Å². The Bertz CT molecular complexity index is 1930. The van der Waals surface area contributed by atoms with E-state index in [9.17, 15) is 46.1 Å². The summed E-state index contributed by atoms with van der Waals surface area (Å²) in [6, 6.07) is 20.7. The standard InChI is InChI=1S/C23H24ClF3O3.C23H26ClF3O3/c1-13(2)15-5-7-16(8-6-15)18-10-17(19(22(28)29)9-14-3-4-14)11-20(24)21(18)30-12-23(25,26)27;1-13(2)9-19(22(28)29)17-10-18(16-7-5-15(6-8-16)14(3)4)21(20(24)11-17)30-12-23(25,26)27/h5-8,10-11,13-14,19H,3-4,9,12H2,1-2H3,(H,28,29);5-8,10-11,13-14,19H,9,12H2,1-4H3,(H,28,29)/t2*19-/m01/s1. The number of rotatable bonds is 16. The van der Waals surface area contributed by atoms with Crippen LogP contribution in [0.15, 0.2) is 72.8 Å². The van der Waals surface area contributed by atoms with Crippen LogP contribution < -0.4 is 9.47 Å². The number of carbonyl (C=O) groups is 2. The van der Waals surface area contributed by atoms with E-state index in [-0.39, 0.29) is 33.4 Å². The zero-order valence-corrected chi connectivity index (χ0v) is 35.7. The lowest BCUT2D eigenvalue weighted by Gasteiger charge is -2.20. The average molecular weight is 884 g/mol. The maximum atomic E-state index is 12.8. The van der Waals surface area contributed by atoms with E-state index in [0.717, 1.165) is 24.0 Å². The summed E-state index contributed by atoms with van der Waals surface area (Å²) in [5.41, 5.74) is 4.99. The van der Waals surface area contributed by atoms with Gasteiger partial charge in [-0.3, -0.25) is 9.59 Å². The highest BCUT2D eigenvalue weighted by Gasteiger charge is 2.34. The van der Waals surface area contributed by atoms with Crippen molar-refractivity contribution in [1.29, 1.82) is 0 Å². The molecule has 1 fully saturated rings. The van der Waals surface area contributed by atoms with E-state index in [1.165, 1.54) is 12.1 Å². The number of halogens is 8. The highest BCUT2D eigenvalue weighted by atomic mass is 35.5. The number of carboxylic acids is 2. The monoisotopic (exact) mass is 882 g/mol. The largest absolute Gasteiger partial charge is 0.482 e. The fraction of sp³-hybridized carbons (Fsp3) is 0.435. The van der Waals surface area contributed by atoms with Crippen LogP contribution in [0.25, 0.3) is 22.3 Å². The number of carboxylic acid groups (broad SMARTS) is 2. The molecular formula is C46H50Cl2F6O6. The zero-order chi connectivity index (χ0) is 44.7. The molecule has 0 saturated heterocycles. The van der Waals surface area contributed by atoms with Gasteiger partial charge in [-0.25, -0.2) is 0 Å². The molecule has 2 atom stereocenters. The van der Waals surface area contributed by atoms with Crippen LogP contribution in [-0.4, -0.2) is 47.7 Å². The molecule has 5 rings (SSSR count). The van der Waals surface area contributed by atoms with Gasteiger partial charge in [0.05, 0.1) is 21.9 Å². The van der Waals surface area contributed by atoms with Gasteiger partial charge in [0.2, 0.25) is 0 Å². The maximum Gasteiger partial charge on any atom is 0.422 e. The van der Waals surface area contributed by atoms with Gasteiger partial charge in [-0.15, -0.1) is 0 Å². The Morgan fingerprint density at radius 2 is 0.983 bits per heavy atom. The Balaban J connectivity index is 0.000000265. The summed E-state index contributed by atoms with van der Waals surface area (Å²) in [6.45, 7) is 9.00. The van der Waals surface area contributed by atoms with Gasteiger partial charge in [0.25, 0.3) is 0 Å². The molecule has 1 aliphatic carbocycles. The number of aliphatic carboxylic acids is 2. The molecule has 4 aromatic carbocycles. The molecule has 0 bridgehead atoms. The van der Waals surface area contributed by atoms with Crippen molar-refractivity contribution < 1.29 is 55.6 Å². The smallest absolute Gasteiger partial charge is 0.422 e. The van der Waals surface area contributed by atoms with Gasteiger partial charge in [0.15, 0.2) is 13.2 Å². The first kappa shape index (κ1) is 48.2. The molecule has 0 radical (unpaired) electrons. The van der Waals surface area contributed by atoms with Crippen molar-refractivity contribution in [3.63, 3.8) is 0 Å².